The minimum atomic E-state index is -0.731. The molecule has 1 aromatic rings. The predicted molar refractivity (Wildman–Crippen MR) is 113 cm³/mol. The van der Waals surface area contributed by atoms with Gasteiger partial charge in [-0.1, -0.05) is 20.3 Å². The molecule has 6 heteroatoms. The second kappa shape index (κ2) is 10.1. The third-order valence-electron chi connectivity index (χ3n) is 5.89. The topological polar surface area (TPSA) is 67.9 Å². The van der Waals surface area contributed by atoms with Crippen molar-refractivity contribution in [2.24, 2.45) is 5.92 Å². The summed E-state index contributed by atoms with van der Waals surface area (Å²) in [6.07, 6.45) is 6.72. The molecule has 160 valence electrons. The van der Waals surface area contributed by atoms with Gasteiger partial charge in [-0.3, -0.25) is 9.59 Å². The van der Waals surface area contributed by atoms with Crippen molar-refractivity contribution in [3.05, 3.63) is 24.3 Å². The largest absolute Gasteiger partial charge is 0.484 e. The SMILES string of the molecule is CCCO[C@@]1(C(=O)Nc2ccc(OCC(=O)N3CCCC3)cc2)CCC[C@H](C)C1. The Kier molecular flexibility index (Phi) is 7.53. The summed E-state index contributed by atoms with van der Waals surface area (Å²) in [5.74, 6) is 1.07. The number of nitrogens with one attached hydrogen (secondary N) is 1. The van der Waals surface area contributed by atoms with Crippen molar-refractivity contribution in [2.75, 3.05) is 31.6 Å². The van der Waals surface area contributed by atoms with E-state index in [1.807, 2.05) is 17.0 Å². The molecule has 3 rings (SSSR count). The fourth-order valence-electron chi connectivity index (χ4n) is 4.29. The van der Waals surface area contributed by atoms with Gasteiger partial charge in [0.05, 0.1) is 0 Å². The van der Waals surface area contributed by atoms with Crippen LogP contribution in [0.2, 0.25) is 0 Å². The first kappa shape index (κ1) is 21.6. The molecule has 29 heavy (non-hydrogen) atoms. The predicted octanol–water partition coefficient (Wildman–Crippen LogP) is 4.00. The number of hydrogen-bond acceptors (Lipinski definition) is 4. The van der Waals surface area contributed by atoms with Gasteiger partial charge in [0, 0.05) is 25.4 Å². The summed E-state index contributed by atoms with van der Waals surface area (Å²) in [6.45, 7) is 6.55. The summed E-state index contributed by atoms with van der Waals surface area (Å²) in [6, 6.07) is 7.20. The summed E-state index contributed by atoms with van der Waals surface area (Å²) in [5, 5.41) is 3.02. The lowest BCUT2D eigenvalue weighted by atomic mass is 9.78. The number of anilines is 1. The number of amides is 2. The average molecular weight is 403 g/mol. The fourth-order valence-corrected chi connectivity index (χ4v) is 4.29. The number of nitrogens with zero attached hydrogens (tertiary/aromatic N) is 1. The third kappa shape index (κ3) is 5.72. The third-order valence-corrected chi connectivity index (χ3v) is 5.89. The van der Waals surface area contributed by atoms with E-state index in [4.69, 9.17) is 9.47 Å². The van der Waals surface area contributed by atoms with Gasteiger partial charge >= 0.3 is 0 Å². The monoisotopic (exact) mass is 402 g/mol. The van der Waals surface area contributed by atoms with Crippen LogP contribution in [-0.4, -0.2) is 48.6 Å². The number of ether oxygens (including phenoxy) is 2. The van der Waals surface area contributed by atoms with Gasteiger partial charge in [-0.25, -0.2) is 0 Å². The summed E-state index contributed by atoms with van der Waals surface area (Å²) in [7, 11) is 0. The number of rotatable bonds is 8. The van der Waals surface area contributed by atoms with Gasteiger partial charge in [0.25, 0.3) is 11.8 Å². The Morgan fingerprint density at radius 1 is 1.17 bits per heavy atom. The van der Waals surface area contributed by atoms with E-state index in [0.717, 1.165) is 58.0 Å². The second-order valence-electron chi connectivity index (χ2n) is 8.40. The Morgan fingerprint density at radius 2 is 1.90 bits per heavy atom. The molecule has 0 spiro atoms. The molecular weight excluding hydrogens is 368 g/mol. The lowest BCUT2D eigenvalue weighted by Gasteiger charge is -2.38. The van der Waals surface area contributed by atoms with E-state index in [-0.39, 0.29) is 18.4 Å². The lowest BCUT2D eigenvalue weighted by molar-refractivity contribution is -0.148. The summed E-state index contributed by atoms with van der Waals surface area (Å²) in [4.78, 5) is 27.0. The van der Waals surface area contributed by atoms with Crippen LogP contribution in [-0.2, 0) is 14.3 Å². The fraction of sp³-hybridized carbons (Fsp3) is 0.652. The maximum absolute atomic E-state index is 13.1. The smallest absolute Gasteiger partial charge is 0.260 e. The van der Waals surface area contributed by atoms with Crippen LogP contribution in [0.1, 0.15) is 58.8 Å². The molecular formula is C23H34N2O4. The molecule has 6 nitrogen and oxygen atoms in total. The van der Waals surface area contributed by atoms with Crippen LogP contribution in [0.15, 0.2) is 24.3 Å². The molecule has 2 fully saturated rings. The van der Waals surface area contributed by atoms with Crippen molar-refractivity contribution in [2.45, 2.75) is 64.4 Å². The van der Waals surface area contributed by atoms with Crippen LogP contribution in [0.4, 0.5) is 5.69 Å². The molecule has 1 saturated heterocycles. The highest BCUT2D eigenvalue weighted by Crippen LogP contribution is 2.36. The van der Waals surface area contributed by atoms with E-state index in [1.165, 1.54) is 0 Å². The molecule has 1 heterocycles. The Balaban J connectivity index is 1.56. The quantitative estimate of drug-likeness (QED) is 0.714. The number of carbonyl (C=O) groups excluding carboxylic acids is 2. The van der Waals surface area contributed by atoms with E-state index in [0.29, 0.717) is 24.0 Å². The van der Waals surface area contributed by atoms with Crippen molar-refractivity contribution in [3.63, 3.8) is 0 Å². The van der Waals surface area contributed by atoms with Gasteiger partial charge in [-0.15, -0.1) is 0 Å². The van der Waals surface area contributed by atoms with Gasteiger partial charge < -0.3 is 19.7 Å². The highest BCUT2D eigenvalue weighted by molar-refractivity contribution is 5.97. The maximum atomic E-state index is 13.1. The first-order valence-electron chi connectivity index (χ1n) is 11.0. The molecule has 0 bridgehead atoms. The molecule has 0 radical (unpaired) electrons. The molecule has 1 saturated carbocycles. The lowest BCUT2D eigenvalue weighted by Crippen LogP contribution is -2.48. The van der Waals surface area contributed by atoms with Gasteiger partial charge in [-0.2, -0.15) is 0 Å². The molecule has 1 aliphatic heterocycles. The average Bonchev–Trinajstić information content (AvgIpc) is 3.26. The molecule has 1 aromatic carbocycles. The zero-order chi connectivity index (χ0) is 20.7. The Hall–Kier alpha value is -2.08. The summed E-state index contributed by atoms with van der Waals surface area (Å²) < 4.78 is 11.7. The highest BCUT2D eigenvalue weighted by atomic mass is 16.5. The van der Waals surface area contributed by atoms with E-state index < -0.39 is 5.60 Å². The van der Waals surface area contributed by atoms with Crippen molar-refractivity contribution in [1.82, 2.24) is 4.90 Å². The standard InChI is InChI=1S/C23H34N2O4/c1-3-15-29-23(12-6-7-18(2)16-23)22(27)24-19-8-10-20(11-9-19)28-17-21(26)25-13-4-5-14-25/h8-11,18H,3-7,12-17H2,1-2H3,(H,24,27)/t18-,23-/m0/s1. The van der Waals surface area contributed by atoms with Crippen LogP contribution in [0, 0.1) is 5.92 Å². The molecule has 0 unspecified atom stereocenters. The van der Waals surface area contributed by atoms with Crippen molar-refractivity contribution >= 4 is 17.5 Å². The van der Waals surface area contributed by atoms with Gasteiger partial charge in [0.15, 0.2) is 6.61 Å². The number of carbonyl (C=O) groups is 2. The molecule has 0 aromatic heterocycles. The first-order valence-corrected chi connectivity index (χ1v) is 11.0. The number of hydrogen-bond donors (Lipinski definition) is 1. The van der Waals surface area contributed by atoms with Gasteiger partial charge in [-0.05, 0) is 68.7 Å². The van der Waals surface area contributed by atoms with E-state index >= 15 is 0 Å². The second-order valence-corrected chi connectivity index (χ2v) is 8.40. The van der Waals surface area contributed by atoms with E-state index in [1.54, 1.807) is 12.1 Å². The Bertz CT molecular complexity index is 685. The van der Waals surface area contributed by atoms with Crippen LogP contribution in [0.5, 0.6) is 5.75 Å². The molecule has 1 aliphatic carbocycles. The molecule has 2 amide bonds. The van der Waals surface area contributed by atoms with Crippen LogP contribution in [0.25, 0.3) is 0 Å². The normalized spacial score (nSPS) is 24.3. The van der Waals surface area contributed by atoms with Gasteiger partial charge in [0.2, 0.25) is 0 Å². The molecule has 2 atom stereocenters. The number of benzene rings is 1. The molecule has 1 N–H and O–H groups in total. The van der Waals surface area contributed by atoms with Crippen molar-refractivity contribution in [3.8, 4) is 5.75 Å². The van der Waals surface area contributed by atoms with Crippen LogP contribution >= 0.6 is 0 Å². The summed E-state index contributed by atoms with van der Waals surface area (Å²) >= 11 is 0. The van der Waals surface area contributed by atoms with E-state index in [2.05, 4.69) is 19.2 Å². The van der Waals surface area contributed by atoms with Crippen molar-refractivity contribution in [1.29, 1.82) is 0 Å². The van der Waals surface area contributed by atoms with Crippen molar-refractivity contribution < 1.29 is 19.1 Å². The van der Waals surface area contributed by atoms with E-state index in [9.17, 15) is 9.59 Å². The zero-order valence-corrected chi connectivity index (χ0v) is 17.7. The first-order chi connectivity index (χ1) is 14.0. The van der Waals surface area contributed by atoms with Crippen LogP contribution < -0.4 is 10.1 Å². The minimum Gasteiger partial charge on any atom is -0.484 e. The van der Waals surface area contributed by atoms with Crippen LogP contribution in [0.3, 0.4) is 0 Å². The maximum Gasteiger partial charge on any atom is 0.260 e. The zero-order valence-electron chi connectivity index (χ0n) is 17.7. The molecule has 2 aliphatic rings. The number of likely N-dealkylation sites (tertiary alicyclic amines) is 1. The Labute approximate surface area is 173 Å². The van der Waals surface area contributed by atoms with Gasteiger partial charge in [0.1, 0.15) is 11.4 Å². The highest BCUT2D eigenvalue weighted by Gasteiger charge is 2.42. The summed E-state index contributed by atoms with van der Waals surface area (Å²) in [5.41, 5.74) is -0.0173. The minimum absolute atomic E-state index is 0.0290. The Morgan fingerprint density at radius 3 is 2.55 bits per heavy atom.